The molecule has 0 spiro atoms. The van der Waals surface area contributed by atoms with Crippen LogP contribution in [0, 0.1) is 5.92 Å². The van der Waals surface area contributed by atoms with E-state index in [9.17, 15) is 4.79 Å². The Bertz CT molecular complexity index is 483. The summed E-state index contributed by atoms with van der Waals surface area (Å²) in [5.74, 6) is 1.58. The number of nitrogens with zero attached hydrogens (tertiary/aromatic N) is 3. The maximum atomic E-state index is 12.8. The summed E-state index contributed by atoms with van der Waals surface area (Å²) >= 11 is 0. The summed E-state index contributed by atoms with van der Waals surface area (Å²) in [6.07, 6.45) is 11.0. The molecule has 0 bridgehead atoms. The SMILES string of the molecule is CCNC(=NCCN1CCCCC1)NC1CCN(C(=O)C2CCCCC2)C1. The van der Waals surface area contributed by atoms with Crippen LogP contribution in [0.25, 0.3) is 0 Å². The van der Waals surface area contributed by atoms with E-state index in [1.165, 1.54) is 51.6 Å². The zero-order valence-electron chi connectivity index (χ0n) is 17.2. The molecule has 6 nitrogen and oxygen atoms in total. The largest absolute Gasteiger partial charge is 0.357 e. The number of hydrogen-bond acceptors (Lipinski definition) is 3. The van der Waals surface area contributed by atoms with Crippen molar-refractivity contribution in [2.45, 2.75) is 70.8 Å². The predicted molar refractivity (Wildman–Crippen MR) is 111 cm³/mol. The van der Waals surface area contributed by atoms with Crippen molar-refractivity contribution in [2.75, 3.05) is 45.8 Å². The number of guanidine groups is 1. The van der Waals surface area contributed by atoms with Crippen LogP contribution in [-0.4, -0.2) is 73.5 Å². The van der Waals surface area contributed by atoms with Gasteiger partial charge in [0.05, 0.1) is 6.54 Å². The minimum atomic E-state index is 0.281. The summed E-state index contributed by atoms with van der Waals surface area (Å²) in [7, 11) is 0. The molecule has 3 rings (SSSR count). The standard InChI is InChI=1S/C21H39N5O/c1-2-22-21(23-12-16-25-13-7-4-8-14-25)24-19-11-15-26(17-19)20(27)18-9-5-3-6-10-18/h18-19H,2-17H2,1H3,(H2,22,23,24). The first kappa shape index (κ1) is 20.4. The summed E-state index contributed by atoms with van der Waals surface area (Å²) < 4.78 is 0. The van der Waals surface area contributed by atoms with Gasteiger partial charge in [-0.15, -0.1) is 0 Å². The lowest BCUT2D eigenvalue weighted by Crippen LogP contribution is -2.46. The van der Waals surface area contributed by atoms with Gasteiger partial charge in [0.1, 0.15) is 0 Å². The highest BCUT2D eigenvalue weighted by atomic mass is 16.2. The Morgan fingerprint density at radius 2 is 1.74 bits per heavy atom. The third-order valence-corrected chi connectivity index (χ3v) is 6.27. The molecule has 0 radical (unpaired) electrons. The predicted octanol–water partition coefficient (Wildman–Crippen LogP) is 2.21. The zero-order valence-corrected chi connectivity index (χ0v) is 17.2. The van der Waals surface area contributed by atoms with Gasteiger partial charge in [0.15, 0.2) is 5.96 Å². The third-order valence-electron chi connectivity index (χ3n) is 6.27. The van der Waals surface area contributed by atoms with Crippen molar-refractivity contribution < 1.29 is 4.79 Å². The molecule has 1 unspecified atom stereocenters. The zero-order chi connectivity index (χ0) is 18.9. The number of rotatable bonds is 6. The second kappa shape index (κ2) is 10.9. The van der Waals surface area contributed by atoms with Crippen LogP contribution in [0.4, 0.5) is 0 Å². The number of nitrogens with one attached hydrogen (secondary N) is 2. The van der Waals surface area contributed by atoms with Crippen LogP contribution in [0.2, 0.25) is 0 Å². The molecule has 0 aromatic rings. The van der Waals surface area contributed by atoms with Crippen molar-refractivity contribution in [2.24, 2.45) is 10.9 Å². The molecule has 1 atom stereocenters. The Morgan fingerprint density at radius 3 is 2.48 bits per heavy atom. The first-order chi connectivity index (χ1) is 13.3. The number of amides is 1. The molecule has 2 heterocycles. The van der Waals surface area contributed by atoms with Gasteiger partial charge in [-0.1, -0.05) is 25.7 Å². The van der Waals surface area contributed by atoms with Crippen molar-refractivity contribution in [1.82, 2.24) is 20.4 Å². The lowest BCUT2D eigenvalue weighted by atomic mass is 9.88. The number of aliphatic imine (C=N–C) groups is 1. The smallest absolute Gasteiger partial charge is 0.225 e. The average molecular weight is 378 g/mol. The van der Waals surface area contributed by atoms with Crippen LogP contribution < -0.4 is 10.6 Å². The second-order valence-corrected chi connectivity index (χ2v) is 8.41. The molecule has 2 N–H and O–H groups in total. The monoisotopic (exact) mass is 377 g/mol. The van der Waals surface area contributed by atoms with E-state index in [0.717, 1.165) is 57.9 Å². The van der Waals surface area contributed by atoms with Crippen LogP contribution in [0.1, 0.15) is 64.7 Å². The number of piperidine rings is 1. The van der Waals surface area contributed by atoms with Crippen molar-refractivity contribution in [3.63, 3.8) is 0 Å². The molecule has 3 aliphatic rings. The minimum absolute atomic E-state index is 0.281. The fourth-order valence-electron chi connectivity index (χ4n) is 4.69. The first-order valence-corrected chi connectivity index (χ1v) is 11.3. The molecular weight excluding hydrogens is 338 g/mol. The highest BCUT2D eigenvalue weighted by Crippen LogP contribution is 2.26. The van der Waals surface area contributed by atoms with E-state index >= 15 is 0 Å². The van der Waals surface area contributed by atoms with Gasteiger partial charge in [-0.05, 0) is 52.1 Å². The van der Waals surface area contributed by atoms with Gasteiger partial charge in [0.2, 0.25) is 5.91 Å². The molecular formula is C21H39N5O. The van der Waals surface area contributed by atoms with Gasteiger partial charge < -0.3 is 20.4 Å². The van der Waals surface area contributed by atoms with Crippen molar-refractivity contribution >= 4 is 11.9 Å². The number of hydrogen-bond donors (Lipinski definition) is 2. The van der Waals surface area contributed by atoms with Gasteiger partial charge in [-0.25, -0.2) is 0 Å². The minimum Gasteiger partial charge on any atom is -0.357 e. The lowest BCUT2D eigenvalue weighted by molar-refractivity contribution is -0.135. The summed E-state index contributed by atoms with van der Waals surface area (Å²) in [4.78, 5) is 22.1. The van der Waals surface area contributed by atoms with Gasteiger partial charge in [0, 0.05) is 38.1 Å². The van der Waals surface area contributed by atoms with Gasteiger partial charge in [-0.3, -0.25) is 9.79 Å². The molecule has 2 aliphatic heterocycles. The Hall–Kier alpha value is -1.30. The Kier molecular flexibility index (Phi) is 8.24. The molecule has 0 aromatic carbocycles. The van der Waals surface area contributed by atoms with E-state index in [0.29, 0.717) is 11.9 Å². The highest BCUT2D eigenvalue weighted by Gasteiger charge is 2.31. The van der Waals surface area contributed by atoms with Crippen molar-refractivity contribution in [3.05, 3.63) is 0 Å². The van der Waals surface area contributed by atoms with Gasteiger partial charge in [-0.2, -0.15) is 0 Å². The molecule has 1 aliphatic carbocycles. The summed E-state index contributed by atoms with van der Waals surface area (Å²) in [6.45, 7) is 9.02. The summed E-state index contributed by atoms with van der Waals surface area (Å²) in [5.41, 5.74) is 0. The average Bonchev–Trinajstić information content (AvgIpc) is 3.17. The third kappa shape index (κ3) is 6.37. The first-order valence-electron chi connectivity index (χ1n) is 11.3. The molecule has 0 aromatic heterocycles. The van der Waals surface area contributed by atoms with Crippen LogP contribution in [0.15, 0.2) is 4.99 Å². The van der Waals surface area contributed by atoms with E-state index in [-0.39, 0.29) is 5.92 Å². The molecule has 6 heteroatoms. The van der Waals surface area contributed by atoms with E-state index in [2.05, 4.69) is 27.4 Å². The fourth-order valence-corrected chi connectivity index (χ4v) is 4.69. The Morgan fingerprint density at radius 1 is 1.00 bits per heavy atom. The molecule has 3 fully saturated rings. The van der Waals surface area contributed by atoms with E-state index < -0.39 is 0 Å². The van der Waals surface area contributed by atoms with Crippen LogP contribution in [-0.2, 0) is 4.79 Å². The normalized spacial score (nSPS) is 25.6. The molecule has 2 saturated heterocycles. The maximum Gasteiger partial charge on any atom is 0.225 e. The summed E-state index contributed by atoms with van der Waals surface area (Å²) in [5, 5.41) is 6.94. The summed E-state index contributed by atoms with van der Waals surface area (Å²) in [6, 6.07) is 0.324. The molecule has 27 heavy (non-hydrogen) atoms. The Balaban J connectivity index is 1.43. The van der Waals surface area contributed by atoms with Crippen LogP contribution in [0.3, 0.4) is 0 Å². The number of likely N-dealkylation sites (tertiary alicyclic amines) is 2. The number of carbonyl (C=O) groups excluding carboxylic acids is 1. The molecule has 1 amide bonds. The second-order valence-electron chi connectivity index (χ2n) is 8.41. The fraction of sp³-hybridized carbons (Fsp3) is 0.905. The van der Waals surface area contributed by atoms with Crippen LogP contribution in [0.5, 0.6) is 0 Å². The van der Waals surface area contributed by atoms with Crippen LogP contribution >= 0.6 is 0 Å². The number of carbonyl (C=O) groups is 1. The van der Waals surface area contributed by atoms with E-state index in [4.69, 9.17) is 4.99 Å². The van der Waals surface area contributed by atoms with Crippen molar-refractivity contribution in [3.8, 4) is 0 Å². The van der Waals surface area contributed by atoms with E-state index in [1.54, 1.807) is 0 Å². The van der Waals surface area contributed by atoms with Crippen molar-refractivity contribution in [1.29, 1.82) is 0 Å². The topological polar surface area (TPSA) is 60.0 Å². The maximum absolute atomic E-state index is 12.8. The molecule has 154 valence electrons. The quantitative estimate of drug-likeness (QED) is 0.550. The lowest BCUT2D eigenvalue weighted by Gasteiger charge is -2.26. The highest BCUT2D eigenvalue weighted by molar-refractivity contribution is 5.81. The molecule has 1 saturated carbocycles. The van der Waals surface area contributed by atoms with Gasteiger partial charge >= 0.3 is 0 Å². The Labute approximate surface area is 165 Å². The van der Waals surface area contributed by atoms with Gasteiger partial charge in [0.25, 0.3) is 0 Å². The van der Waals surface area contributed by atoms with E-state index in [1.807, 2.05) is 0 Å².